The fourth-order valence-corrected chi connectivity index (χ4v) is 5.85. The Balaban J connectivity index is 1.50. The van der Waals surface area contributed by atoms with E-state index in [0.29, 0.717) is 23.2 Å². The Bertz CT molecular complexity index is 986. The van der Waals surface area contributed by atoms with Gasteiger partial charge in [-0.25, -0.2) is 13.2 Å². The molecule has 2 bridgehead atoms. The van der Waals surface area contributed by atoms with E-state index in [2.05, 4.69) is 4.98 Å². The largest absolute Gasteiger partial charge is 0.439 e. The molecule has 2 unspecified atom stereocenters. The predicted molar refractivity (Wildman–Crippen MR) is 83.1 cm³/mol. The van der Waals surface area contributed by atoms with Gasteiger partial charge in [0.05, 0.1) is 10.5 Å². The second-order valence-corrected chi connectivity index (χ2v) is 8.46. The SMILES string of the molecule is O=C(OCN1C(=O)C2=C(C3CCC2C3)S1(=O)=O)c1ccnc(C(F)(F)F)c1. The van der Waals surface area contributed by atoms with Crippen molar-refractivity contribution >= 4 is 21.9 Å². The first-order chi connectivity index (χ1) is 12.6. The topological polar surface area (TPSA) is 93.6 Å². The highest BCUT2D eigenvalue weighted by molar-refractivity contribution is 7.94. The van der Waals surface area contributed by atoms with Crippen LogP contribution in [0.1, 0.15) is 35.3 Å². The highest BCUT2D eigenvalue weighted by Crippen LogP contribution is 2.54. The van der Waals surface area contributed by atoms with Crippen LogP contribution in [0.4, 0.5) is 13.2 Å². The van der Waals surface area contributed by atoms with Crippen molar-refractivity contribution in [1.29, 1.82) is 0 Å². The van der Waals surface area contributed by atoms with Gasteiger partial charge in [-0.1, -0.05) is 0 Å². The number of sulfonamides is 1. The van der Waals surface area contributed by atoms with Crippen LogP contribution in [0, 0.1) is 11.8 Å². The van der Waals surface area contributed by atoms with Crippen LogP contribution in [0.25, 0.3) is 0 Å². The maximum atomic E-state index is 12.7. The molecule has 1 aromatic heterocycles. The monoisotopic (exact) mass is 402 g/mol. The lowest BCUT2D eigenvalue weighted by Gasteiger charge is -2.19. The van der Waals surface area contributed by atoms with Gasteiger partial charge in [-0.3, -0.25) is 9.78 Å². The molecule has 2 atom stereocenters. The second kappa shape index (κ2) is 5.78. The standard InChI is InChI=1S/C16H13F3N2O5S/c17-16(18,19)11-6-10(3-4-20-11)15(23)26-7-21-14(22)12-8-1-2-9(5-8)13(12)27(21,24)25/h3-4,6,8-9H,1-2,5,7H2. The average molecular weight is 402 g/mol. The van der Waals surface area contributed by atoms with Gasteiger partial charge in [0.1, 0.15) is 5.69 Å². The van der Waals surface area contributed by atoms with Crippen molar-refractivity contribution in [2.45, 2.75) is 25.4 Å². The number of alkyl halides is 3. The molecule has 4 rings (SSSR count). The molecule has 7 nitrogen and oxygen atoms in total. The van der Waals surface area contributed by atoms with Crippen molar-refractivity contribution in [3.05, 3.63) is 40.1 Å². The summed E-state index contributed by atoms with van der Waals surface area (Å²) in [5.41, 5.74) is -1.45. The molecule has 3 aliphatic rings. The number of aromatic nitrogens is 1. The number of nitrogens with zero attached hydrogens (tertiary/aromatic N) is 2. The molecule has 1 saturated carbocycles. The molecule has 0 radical (unpaired) electrons. The van der Waals surface area contributed by atoms with Crippen LogP contribution in [0.5, 0.6) is 0 Å². The number of hydrogen-bond donors (Lipinski definition) is 0. The molecule has 2 aliphatic carbocycles. The molecule has 2 heterocycles. The number of hydrogen-bond acceptors (Lipinski definition) is 6. The van der Waals surface area contributed by atoms with Crippen LogP contribution in [-0.4, -0.2) is 36.3 Å². The Morgan fingerprint density at radius 1 is 1.30 bits per heavy atom. The summed E-state index contributed by atoms with van der Waals surface area (Å²) in [6.45, 7) is -0.879. The van der Waals surface area contributed by atoms with Crippen LogP contribution in [0.15, 0.2) is 28.8 Å². The molecule has 11 heteroatoms. The van der Waals surface area contributed by atoms with E-state index < -0.39 is 46.1 Å². The Labute approximate surface area is 151 Å². The zero-order valence-corrected chi connectivity index (χ0v) is 14.5. The van der Waals surface area contributed by atoms with Gasteiger partial charge in [-0.15, -0.1) is 0 Å². The number of pyridine rings is 1. The first kappa shape index (κ1) is 18.0. The Hall–Kier alpha value is -2.43. The molecule has 0 spiro atoms. The van der Waals surface area contributed by atoms with Crippen molar-refractivity contribution < 1.29 is 35.9 Å². The van der Waals surface area contributed by atoms with Crippen molar-refractivity contribution in [2.75, 3.05) is 6.73 Å². The van der Waals surface area contributed by atoms with E-state index in [4.69, 9.17) is 4.74 Å². The van der Waals surface area contributed by atoms with Gasteiger partial charge in [0.15, 0.2) is 6.73 Å². The fraction of sp³-hybridized carbons (Fsp3) is 0.438. The molecule has 144 valence electrons. The number of halogens is 3. The second-order valence-electron chi connectivity index (χ2n) is 6.63. The van der Waals surface area contributed by atoms with Crippen LogP contribution >= 0.6 is 0 Å². The zero-order valence-electron chi connectivity index (χ0n) is 13.7. The molecule has 1 aliphatic heterocycles. The molecule has 1 fully saturated rings. The number of rotatable bonds is 3. The number of amides is 1. The number of carbonyl (C=O) groups is 2. The normalized spacial score (nSPS) is 25.9. The number of carbonyl (C=O) groups excluding carboxylic acids is 2. The van der Waals surface area contributed by atoms with Crippen molar-refractivity contribution in [3.8, 4) is 0 Å². The summed E-state index contributed by atoms with van der Waals surface area (Å²) in [4.78, 5) is 27.7. The van der Waals surface area contributed by atoms with Gasteiger partial charge in [0.2, 0.25) is 0 Å². The summed E-state index contributed by atoms with van der Waals surface area (Å²) in [6.07, 6.45) is -1.86. The fourth-order valence-electron chi connectivity index (χ4n) is 3.94. The van der Waals surface area contributed by atoms with E-state index in [1.54, 1.807) is 0 Å². The first-order valence-electron chi connectivity index (χ1n) is 8.12. The Morgan fingerprint density at radius 3 is 2.67 bits per heavy atom. The van der Waals surface area contributed by atoms with Crippen LogP contribution in [0.3, 0.4) is 0 Å². The van der Waals surface area contributed by atoms with Crippen molar-refractivity contribution in [3.63, 3.8) is 0 Å². The Morgan fingerprint density at radius 2 is 2.00 bits per heavy atom. The van der Waals surface area contributed by atoms with E-state index in [0.717, 1.165) is 18.7 Å². The van der Waals surface area contributed by atoms with Crippen LogP contribution in [-0.2, 0) is 25.7 Å². The lowest BCUT2D eigenvalue weighted by atomic mass is 9.98. The first-order valence-corrected chi connectivity index (χ1v) is 9.56. The minimum absolute atomic E-state index is 0.0949. The summed E-state index contributed by atoms with van der Waals surface area (Å²) >= 11 is 0. The molecular formula is C16H13F3N2O5S. The van der Waals surface area contributed by atoms with E-state index in [-0.39, 0.29) is 22.3 Å². The van der Waals surface area contributed by atoms with Gasteiger partial charge >= 0.3 is 12.1 Å². The maximum absolute atomic E-state index is 12.7. The number of fused-ring (bicyclic) bond motifs is 4. The summed E-state index contributed by atoms with van der Waals surface area (Å²) in [5.74, 6) is -2.17. The van der Waals surface area contributed by atoms with Crippen LogP contribution in [0.2, 0.25) is 0 Å². The lowest BCUT2D eigenvalue weighted by molar-refractivity contribution is -0.141. The quantitative estimate of drug-likeness (QED) is 0.719. The van der Waals surface area contributed by atoms with E-state index >= 15 is 0 Å². The summed E-state index contributed by atoms with van der Waals surface area (Å²) < 4.78 is 68.5. The summed E-state index contributed by atoms with van der Waals surface area (Å²) in [7, 11) is -4.06. The third kappa shape index (κ3) is 2.71. The van der Waals surface area contributed by atoms with Crippen molar-refractivity contribution in [2.24, 2.45) is 11.8 Å². The summed E-state index contributed by atoms with van der Waals surface area (Å²) in [5, 5.41) is 0. The van der Waals surface area contributed by atoms with Gasteiger partial charge in [0.25, 0.3) is 15.9 Å². The zero-order chi connectivity index (χ0) is 19.6. The highest BCUT2D eigenvalue weighted by atomic mass is 32.2. The minimum Gasteiger partial charge on any atom is -0.439 e. The van der Waals surface area contributed by atoms with E-state index in [1.807, 2.05) is 0 Å². The minimum atomic E-state index is -4.74. The van der Waals surface area contributed by atoms with Crippen molar-refractivity contribution in [1.82, 2.24) is 9.29 Å². The lowest BCUT2D eigenvalue weighted by Crippen LogP contribution is -2.36. The predicted octanol–water partition coefficient (Wildman–Crippen LogP) is 2.07. The van der Waals surface area contributed by atoms with Gasteiger partial charge in [-0.05, 0) is 43.2 Å². The highest BCUT2D eigenvalue weighted by Gasteiger charge is 2.55. The molecule has 0 saturated heterocycles. The summed E-state index contributed by atoms with van der Waals surface area (Å²) in [6, 6.07) is 1.51. The van der Waals surface area contributed by atoms with E-state index in [9.17, 15) is 31.2 Å². The molecule has 1 aromatic rings. The third-order valence-corrected chi connectivity index (χ3v) is 7.06. The average Bonchev–Trinajstić information content (AvgIpc) is 3.26. The van der Waals surface area contributed by atoms with E-state index in [1.165, 1.54) is 0 Å². The van der Waals surface area contributed by atoms with Gasteiger partial charge < -0.3 is 4.74 Å². The van der Waals surface area contributed by atoms with Gasteiger partial charge in [-0.2, -0.15) is 17.5 Å². The molecule has 1 amide bonds. The van der Waals surface area contributed by atoms with Crippen LogP contribution < -0.4 is 0 Å². The maximum Gasteiger partial charge on any atom is 0.433 e. The Kier molecular flexibility index (Phi) is 3.85. The number of allylic oxidation sites excluding steroid dienone is 1. The van der Waals surface area contributed by atoms with Gasteiger partial charge in [0, 0.05) is 11.8 Å². The molecule has 0 aromatic carbocycles. The number of ether oxygens (including phenoxy) is 1. The molecule has 0 N–H and O–H groups in total. The third-order valence-electron chi connectivity index (χ3n) is 5.10. The smallest absolute Gasteiger partial charge is 0.433 e. The molecule has 27 heavy (non-hydrogen) atoms. The molecular weight excluding hydrogens is 389 g/mol. The number of esters is 1.